The summed E-state index contributed by atoms with van der Waals surface area (Å²) >= 11 is 6.31. The summed E-state index contributed by atoms with van der Waals surface area (Å²) in [6, 6.07) is 3.73. The Kier molecular flexibility index (Phi) is 3.92. The quantitative estimate of drug-likeness (QED) is 0.610. The van der Waals surface area contributed by atoms with Gasteiger partial charge in [-0.15, -0.1) is 0 Å². The van der Waals surface area contributed by atoms with Gasteiger partial charge in [0.25, 0.3) is 0 Å². The van der Waals surface area contributed by atoms with Crippen molar-refractivity contribution in [1.82, 2.24) is 0 Å². The molecule has 0 saturated heterocycles. The molecule has 0 atom stereocenters. The summed E-state index contributed by atoms with van der Waals surface area (Å²) in [5.74, 6) is 1.21. The molecule has 0 bridgehead atoms. The van der Waals surface area contributed by atoms with E-state index in [1.165, 1.54) is 12.8 Å². The van der Waals surface area contributed by atoms with Gasteiger partial charge in [0, 0.05) is 0 Å². The van der Waals surface area contributed by atoms with Crippen LogP contribution >= 0.6 is 11.6 Å². The Bertz CT molecular complexity index is 585. The molecule has 2 aliphatic carbocycles. The highest BCUT2D eigenvalue weighted by Gasteiger charge is 2.45. The third kappa shape index (κ3) is 2.78. The topological polar surface area (TPSA) is 47.9 Å². The highest BCUT2D eigenvalue weighted by Crippen LogP contribution is 2.52. The molecule has 3 rings (SSSR count). The highest BCUT2D eigenvalue weighted by molar-refractivity contribution is 6.32. The third-order valence-corrected chi connectivity index (χ3v) is 4.61. The SMILES string of the molecule is COc1c(Cl)cc(C2(N=C=O)CC2)cc1OC1CCCC1. The van der Waals surface area contributed by atoms with Crippen LogP contribution in [-0.2, 0) is 10.3 Å². The maximum absolute atomic E-state index is 10.6. The summed E-state index contributed by atoms with van der Waals surface area (Å²) in [5.41, 5.74) is 0.454. The van der Waals surface area contributed by atoms with E-state index in [2.05, 4.69) is 4.99 Å². The number of methoxy groups -OCH3 is 1. The second kappa shape index (κ2) is 5.70. The van der Waals surface area contributed by atoms with Crippen LogP contribution in [0.1, 0.15) is 44.1 Å². The molecule has 0 aromatic heterocycles. The van der Waals surface area contributed by atoms with Crippen molar-refractivity contribution in [3.63, 3.8) is 0 Å². The van der Waals surface area contributed by atoms with Crippen molar-refractivity contribution in [2.24, 2.45) is 4.99 Å². The first kappa shape index (κ1) is 14.4. The molecule has 4 nitrogen and oxygen atoms in total. The van der Waals surface area contributed by atoms with Gasteiger partial charge >= 0.3 is 0 Å². The second-order valence-electron chi connectivity index (χ2n) is 5.75. The average molecular weight is 308 g/mol. The summed E-state index contributed by atoms with van der Waals surface area (Å²) in [7, 11) is 1.58. The zero-order valence-corrected chi connectivity index (χ0v) is 12.8. The molecule has 0 N–H and O–H groups in total. The monoisotopic (exact) mass is 307 g/mol. The number of hydrogen-bond donors (Lipinski definition) is 0. The van der Waals surface area contributed by atoms with Gasteiger partial charge in [0.15, 0.2) is 11.5 Å². The maximum Gasteiger partial charge on any atom is 0.235 e. The number of ether oxygens (including phenoxy) is 2. The predicted octanol–water partition coefficient (Wildman–Crippen LogP) is 3.99. The molecule has 5 heteroatoms. The van der Waals surface area contributed by atoms with Gasteiger partial charge in [-0.2, -0.15) is 4.99 Å². The molecule has 1 aromatic rings. The van der Waals surface area contributed by atoms with Crippen LogP contribution in [0.15, 0.2) is 17.1 Å². The third-order valence-electron chi connectivity index (χ3n) is 4.33. The summed E-state index contributed by atoms with van der Waals surface area (Å²) in [4.78, 5) is 14.6. The van der Waals surface area contributed by atoms with E-state index >= 15 is 0 Å². The number of rotatable bonds is 5. The van der Waals surface area contributed by atoms with Gasteiger partial charge < -0.3 is 9.47 Å². The Morgan fingerprint density at radius 2 is 2.05 bits per heavy atom. The lowest BCUT2D eigenvalue weighted by atomic mass is 10.0. The number of aliphatic imine (C=N–C) groups is 1. The van der Waals surface area contributed by atoms with Gasteiger partial charge in [-0.05, 0) is 56.2 Å². The van der Waals surface area contributed by atoms with E-state index in [9.17, 15) is 4.79 Å². The predicted molar refractivity (Wildman–Crippen MR) is 79.9 cm³/mol. The molecular formula is C16H18ClNO3. The number of nitrogens with zero attached hydrogens (tertiary/aromatic N) is 1. The van der Waals surface area contributed by atoms with Gasteiger partial charge in [0.1, 0.15) is 0 Å². The highest BCUT2D eigenvalue weighted by atomic mass is 35.5. The lowest BCUT2D eigenvalue weighted by Crippen LogP contribution is -2.13. The lowest BCUT2D eigenvalue weighted by Gasteiger charge is -2.19. The first-order valence-electron chi connectivity index (χ1n) is 7.32. The van der Waals surface area contributed by atoms with E-state index < -0.39 is 5.54 Å². The van der Waals surface area contributed by atoms with Crippen molar-refractivity contribution in [1.29, 1.82) is 0 Å². The van der Waals surface area contributed by atoms with E-state index in [0.29, 0.717) is 16.5 Å². The van der Waals surface area contributed by atoms with E-state index in [1.54, 1.807) is 13.2 Å². The van der Waals surface area contributed by atoms with Crippen molar-refractivity contribution in [2.45, 2.75) is 50.2 Å². The molecular weight excluding hydrogens is 290 g/mol. The molecule has 0 amide bonds. The van der Waals surface area contributed by atoms with Gasteiger partial charge in [-0.1, -0.05) is 11.6 Å². The van der Waals surface area contributed by atoms with Crippen LogP contribution in [0.2, 0.25) is 5.02 Å². The smallest absolute Gasteiger partial charge is 0.235 e. The minimum absolute atomic E-state index is 0.218. The normalized spacial score (nSPS) is 19.9. The maximum atomic E-state index is 10.6. The van der Waals surface area contributed by atoms with Gasteiger partial charge in [-0.25, -0.2) is 4.79 Å². The second-order valence-corrected chi connectivity index (χ2v) is 6.16. The summed E-state index contributed by atoms with van der Waals surface area (Å²) in [6.45, 7) is 0. The van der Waals surface area contributed by atoms with Crippen molar-refractivity contribution in [2.75, 3.05) is 7.11 Å². The molecule has 2 fully saturated rings. The Morgan fingerprint density at radius 3 is 2.62 bits per heavy atom. The number of hydrogen-bond acceptors (Lipinski definition) is 4. The Hall–Kier alpha value is -1.51. The van der Waals surface area contributed by atoms with Crippen molar-refractivity contribution in [3.05, 3.63) is 22.7 Å². The van der Waals surface area contributed by atoms with E-state index in [4.69, 9.17) is 21.1 Å². The fourth-order valence-electron chi connectivity index (χ4n) is 2.98. The molecule has 0 heterocycles. The van der Waals surface area contributed by atoms with Crippen LogP contribution in [0.5, 0.6) is 11.5 Å². The zero-order chi connectivity index (χ0) is 14.9. The summed E-state index contributed by atoms with van der Waals surface area (Å²) in [5, 5.41) is 0.496. The van der Waals surface area contributed by atoms with Crippen LogP contribution < -0.4 is 9.47 Å². The Balaban J connectivity index is 1.96. The molecule has 0 unspecified atom stereocenters. The van der Waals surface area contributed by atoms with Crippen LogP contribution in [0.4, 0.5) is 0 Å². The minimum Gasteiger partial charge on any atom is -0.491 e. The molecule has 1 aromatic carbocycles. The fourth-order valence-corrected chi connectivity index (χ4v) is 3.27. The van der Waals surface area contributed by atoms with E-state index in [0.717, 1.165) is 31.2 Å². The standard InChI is InChI=1S/C16H18ClNO3/c1-20-15-13(17)8-11(16(6-7-16)18-10-19)9-14(15)21-12-4-2-3-5-12/h8-9,12H,2-7H2,1H3. The number of carbonyl (C=O) groups excluding carboxylic acids is 1. The van der Waals surface area contributed by atoms with Crippen molar-refractivity contribution < 1.29 is 14.3 Å². The summed E-state index contributed by atoms with van der Waals surface area (Å²) < 4.78 is 11.4. The number of benzene rings is 1. The van der Waals surface area contributed by atoms with Crippen LogP contribution in [-0.4, -0.2) is 19.3 Å². The minimum atomic E-state index is -0.453. The number of halogens is 1. The van der Waals surface area contributed by atoms with Gasteiger partial charge in [0.05, 0.1) is 23.8 Å². The zero-order valence-electron chi connectivity index (χ0n) is 12.0. The largest absolute Gasteiger partial charge is 0.491 e. The number of isocyanates is 1. The first-order chi connectivity index (χ1) is 10.2. The van der Waals surface area contributed by atoms with Crippen LogP contribution in [0, 0.1) is 0 Å². The molecule has 0 aliphatic heterocycles. The fraction of sp³-hybridized carbons (Fsp3) is 0.562. The Labute approximate surface area is 129 Å². The van der Waals surface area contributed by atoms with Gasteiger partial charge in [-0.3, -0.25) is 0 Å². The lowest BCUT2D eigenvalue weighted by molar-refractivity contribution is 0.200. The van der Waals surface area contributed by atoms with Crippen molar-refractivity contribution in [3.8, 4) is 11.5 Å². The van der Waals surface area contributed by atoms with E-state index in [1.807, 2.05) is 12.1 Å². The molecule has 0 radical (unpaired) electrons. The Morgan fingerprint density at radius 1 is 1.33 bits per heavy atom. The van der Waals surface area contributed by atoms with Gasteiger partial charge in [0.2, 0.25) is 6.08 Å². The first-order valence-corrected chi connectivity index (χ1v) is 7.70. The molecule has 2 saturated carbocycles. The molecule has 112 valence electrons. The van der Waals surface area contributed by atoms with Crippen LogP contribution in [0.25, 0.3) is 0 Å². The van der Waals surface area contributed by atoms with Crippen LogP contribution in [0.3, 0.4) is 0 Å². The average Bonchev–Trinajstić information content (AvgIpc) is 3.07. The van der Waals surface area contributed by atoms with E-state index in [-0.39, 0.29) is 6.10 Å². The molecule has 0 spiro atoms. The summed E-state index contributed by atoms with van der Waals surface area (Å²) in [6.07, 6.45) is 8.07. The molecule has 21 heavy (non-hydrogen) atoms. The molecule has 2 aliphatic rings. The van der Waals surface area contributed by atoms with Crippen molar-refractivity contribution >= 4 is 17.7 Å².